The van der Waals surface area contributed by atoms with Crippen molar-refractivity contribution < 1.29 is 14.3 Å². The molecule has 0 bridgehead atoms. The summed E-state index contributed by atoms with van der Waals surface area (Å²) in [6, 6.07) is 6.91. The Hall–Kier alpha value is -1.55. The predicted molar refractivity (Wildman–Crippen MR) is 89.0 cm³/mol. The smallest absolute Gasteiger partial charge is 0.305 e. The van der Waals surface area contributed by atoms with Crippen molar-refractivity contribution in [1.29, 1.82) is 0 Å². The van der Waals surface area contributed by atoms with Gasteiger partial charge in [-0.25, -0.2) is 0 Å². The van der Waals surface area contributed by atoms with Crippen molar-refractivity contribution in [1.82, 2.24) is 0 Å². The molecule has 0 aliphatic rings. The van der Waals surface area contributed by atoms with Gasteiger partial charge in [0.15, 0.2) is 0 Å². The van der Waals surface area contributed by atoms with Gasteiger partial charge in [0.2, 0.25) is 5.91 Å². The Kier molecular flexibility index (Phi) is 9.31. The van der Waals surface area contributed by atoms with Crippen LogP contribution in [-0.2, 0) is 14.3 Å². The summed E-state index contributed by atoms with van der Waals surface area (Å²) in [7, 11) is 0. The lowest BCUT2D eigenvalue weighted by atomic mass is 10.2. The third kappa shape index (κ3) is 8.67. The number of rotatable bonds is 10. The lowest BCUT2D eigenvalue weighted by Crippen LogP contribution is -2.12. The van der Waals surface area contributed by atoms with E-state index in [0.717, 1.165) is 19.3 Å². The van der Waals surface area contributed by atoms with Crippen molar-refractivity contribution in [2.24, 2.45) is 0 Å². The first-order valence-electron chi connectivity index (χ1n) is 7.83. The SMILES string of the molecule is CCCCCCOC(=O)CCCC(=O)Nc1ccc(Cl)cc1. The van der Waals surface area contributed by atoms with Crippen LogP contribution in [0.4, 0.5) is 5.69 Å². The van der Waals surface area contributed by atoms with Crippen LogP contribution in [0, 0.1) is 0 Å². The highest BCUT2D eigenvalue weighted by Gasteiger charge is 2.06. The molecule has 5 heteroatoms. The minimum atomic E-state index is -0.226. The second-order valence-corrected chi connectivity index (χ2v) is 5.63. The summed E-state index contributed by atoms with van der Waals surface area (Å²) in [5.74, 6) is -0.339. The van der Waals surface area contributed by atoms with E-state index in [2.05, 4.69) is 12.2 Å². The van der Waals surface area contributed by atoms with E-state index in [1.54, 1.807) is 24.3 Å². The van der Waals surface area contributed by atoms with E-state index in [-0.39, 0.29) is 18.3 Å². The van der Waals surface area contributed by atoms with Crippen LogP contribution in [0.15, 0.2) is 24.3 Å². The van der Waals surface area contributed by atoms with Crippen LogP contribution in [0.5, 0.6) is 0 Å². The summed E-state index contributed by atoms with van der Waals surface area (Å²) in [5, 5.41) is 3.38. The van der Waals surface area contributed by atoms with Crippen LogP contribution in [-0.4, -0.2) is 18.5 Å². The number of hydrogen-bond donors (Lipinski definition) is 1. The summed E-state index contributed by atoms with van der Waals surface area (Å²) in [6.07, 6.45) is 5.41. The first kappa shape index (κ1) is 18.5. The van der Waals surface area contributed by atoms with Crippen LogP contribution >= 0.6 is 11.6 Å². The van der Waals surface area contributed by atoms with E-state index in [0.29, 0.717) is 30.2 Å². The molecule has 0 fully saturated rings. The summed E-state index contributed by atoms with van der Waals surface area (Å²) >= 11 is 5.77. The Morgan fingerprint density at radius 3 is 2.45 bits per heavy atom. The molecular weight excluding hydrogens is 302 g/mol. The Morgan fingerprint density at radius 2 is 1.77 bits per heavy atom. The predicted octanol–water partition coefficient (Wildman–Crippen LogP) is 4.57. The number of carbonyl (C=O) groups excluding carboxylic acids is 2. The van der Waals surface area contributed by atoms with Crippen molar-refractivity contribution in [3.05, 3.63) is 29.3 Å². The molecule has 0 unspecified atom stereocenters. The Labute approximate surface area is 137 Å². The third-order valence-corrected chi connectivity index (χ3v) is 3.43. The van der Waals surface area contributed by atoms with Gasteiger partial charge in [-0.15, -0.1) is 0 Å². The number of halogens is 1. The summed E-state index contributed by atoms with van der Waals surface area (Å²) in [6.45, 7) is 2.62. The zero-order chi connectivity index (χ0) is 16.2. The highest BCUT2D eigenvalue weighted by Crippen LogP contribution is 2.14. The van der Waals surface area contributed by atoms with Gasteiger partial charge in [-0.3, -0.25) is 9.59 Å². The van der Waals surface area contributed by atoms with Crippen LogP contribution in [0.25, 0.3) is 0 Å². The zero-order valence-electron chi connectivity index (χ0n) is 13.1. The van der Waals surface area contributed by atoms with Crippen molar-refractivity contribution >= 4 is 29.2 Å². The first-order valence-corrected chi connectivity index (χ1v) is 8.20. The van der Waals surface area contributed by atoms with Gasteiger partial charge in [-0.2, -0.15) is 0 Å². The lowest BCUT2D eigenvalue weighted by molar-refractivity contribution is -0.143. The van der Waals surface area contributed by atoms with Gasteiger partial charge in [0.1, 0.15) is 0 Å². The van der Waals surface area contributed by atoms with E-state index in [1.807, 2.05) is 0 Å². The Morgan fingerprint density at radius 1 is 1.05 bits per heavy atom. The van der Waals surface area contributed by atoms with Crippen molar-refractivity contribution in [2.45, 2.75) is 51.9 Å². The second-order valence-electron chi connectivity index (χ2n) is 5.19. The summed E-state index contributed by atoms with van der Waals surface area (Å²) in [4.78, 5) is 23.2. The largest absolute Gasteiger partial charge is 0.466 e. The second kappa shape index (κ2) is 11.1. The average molecular weight is 326 g/mol. The van der Waals surface area contributed by atoms with Crippen molar-refractivity contribution in [3.8, 4) is 0 Å². The van der Waals surface area contributed by atoms with Crippen LogP contribution in [0.2, 0.25) is 5.02 Å². The number of carbonyl (C=O) groups is 2. The molecule has 1 amide bonds. The molecule has 122 valence electrons. The fourth-order valence-corrected chi connectivity index (χ4v) is 2.06. The summed E-state index contributed by atoms with van der Waals surface area (Å²) < 4.78 is 5.12. The zero-order valence-corrected chi connectivity index (χ0v) is 13.8. The number of anilines is 1. The molecule has 1 N–H and O–H groups in total. The number of ether oxygens (including phenoxy) is 1. The molecule has 0 aliphatic heterocycles. The normalized spacial score (nSPS) is 10.3. The number of nitrogens with one attached hydrogen (secondary N) is 1. The minimum absolute atomic E-state index is 0.113. The van der Waals surface area contributed by atoms with Crippen LogP contribution in [0.1, 0.15) is 51.9 Å². The average Bonchev–Trinajstić information content (AvgIpc) is 2.49. The van der Waals surface area contributed by atoms with E-state index >= 15 is 0 Å². The molecule has 0 heterocycles. The monoisotopic (exact) mass is 325 g/mol. The number of unbranched alkanes of at least 4 members (excludes halogenated alkanes) is 3. The molecule has 1 aromatic carbocycles. The number of amides is 1. The fourth-order valence-electron chi connectivity index (χ4n) is 1.94. The quantitative estimate of drug-likeness (QED) is 0.506. The molecule has 0 aliphatic carbocycles. The first-order chi connectivity index (χ1) is 10.6. The third-order valence-electron chi connectivity index (χ3n) is 3.17. The molecule has 1 aromatic rings. The molecule has 0 atom stereocenters. The topological polar surface area (TPSA) is 55.4 Å². The standard InChI is InChI=1S/C17H24ClNO3/c1-2-3-4-5-13-22-17(21)8-6-7-16(20)19-15-11-9-14(18)10-12-15/h9-12H,2-8,13H2,1H3,(H,19,20). The molecule has 4 nitrogen and oxygen atoms in total. The molecule has 22 heavy (non-hydrogen) atoms. The molecule has 1 rings (SSSR count). The lowest BCUT2D eigenvalue weighted by Gasteiger charge is -2.06. The Balaban J connectivity index is 2.09. The van der Waals surface area contributed by atoms with Gasteiger partial charge in [0.25, 0.3) is 0 Å². The van der Waals surface area contributed by atoms with Gasteiger partial charge in [0.05, 0.1) is 6.61 Å². The number of esters is 1. The molecule has 0 saturated heterocycles. The molecule has 0 saturated carbocycles. The molecule has 0 spiro atoms. The molecule has 0 radical (unpaired) electrons. The Bertz CT molecular complexity index is 459. The maximum Gasteiger partial charge on any atom is 0.305 e. The van der Waals surface area contributed by atoms with Crippen LogP contribution < -0.4 is 5.32 Å². The fraction of sp³-hybridized carbons (Fsp3) is 0.529. The van der Waals surface area contributed by atoms with Gasteiger partial charge >= 0.3 is 5.97 Å². The maximum absolute atomic E-state index is 11.7. The number of hydrogen-bond acceptors (Lipinski definition) is 3. The van der Waals surface area contributed by atoms with Crippen LogP contribution in [0.3, 0.4) is 0 Å². The highest BCUT2D eigenvalue weighted by atomic mass is 35.5. The minimum Gasteiger partial charge on any atom is -0.466 e. The van der Waals surface area contributed by atoms with Gasteiger partial charge in [0, 0.05) is 23.6 Å². The van der Waals surface area contributed by atoms with Gasteiger partial charge < -0.3 is 10.1 Å². The van der Waals surface area contributed by atoms with E-state index < -0.39 is 0 Å². The van der Waals surface area contributed by atoms with Gasteiger partial charge in [-0.1, -0.05) is 37.8 Å². The van der Waals surface area contributed by atoms with Gasteiger partial charge in [-0.05, 0) is 37.1 Å². The maximum atomic E-state index is 11.7. The summed E-state index contributed by atoms with van der Waals surface area (Å²) in [5.41, 5.74) is 0.702. The molecule has 0 aromatic heterocycles. The van der Waals surface area contributed by atoms with Crippen molar-refractivity contribution in [2.75, 3.05) is 11.9 Å². The van der Waals surface area contributed by atoms with E-state index in [4.69, 9.17) is 16.3 Å². The van der Waals surface area contributed by atoms with E-state index in [9.17, 15) is 9.59 Å². The number of benzene rings is 1. The molecular formula is C17H24ClNO3. The van der Waals surface area contributed by atoms with E-state index in [1.165, 1.54) is 6.42 Å². The highest BCUT2D eigenvalue weighted by molar-refractivity contribution is 6.30. The van der Waals surface area contributed by atoms with Crippen molar-refractivity contribution in [3.63, 3.8) is 0 Å².